The predicted molar refractivity (Wildman–Crippen MR) is 72.5 cm³/mol. The Bertz CT molecular complexity index is 548. The van der Waals surface area contributed by atoms with Crippen LogP contribution in [0.2, 0.25) is 0 Å². The highest BCUT2D eigenvalue weighted by Crippen LogP contribution is 2.30. The van der Waals surface area contributed by atoms with Crippen molar-refractivity contribution in [3.05, 3.63) is 22.2 Å². The summed E-state index contributed by atoms with van der Waals surface area (Å²) in [7, 11) is 0. The van der Waals surface area contributed by atoms with Gasteiger partial charge in [-0.2, -0.15) is 0 Å². The monoisotopic (exact) mass is 280 g/mol. The molecule has 1 aromatic heterocycles. The second-order valence-corrected chi connectivity index (χ2v) is 4.93. The number of nitrogens with zero attached hydrogens (tertiary/aromatic N) is 3. The summed E-state index contributed by atoms with van der Waals surface area (Å²) < 4.78 is 0. The van der Waals surface area contributed by atoms with E-state index in [4.69, 9.17) is 5.73 Å². The molecule has 2 heterocycles. The van der Waals surface area contributed by atoms with E-state index >= 15 is 0 Å². The maximum Gasteiger partial charge on any atom is 0.326 e. The summed E-state index contributed by atoms with van der Waals surface area (Å²) in [4.78, 5) is 27.1. The number of carbonyl (C=O) groups is 1. The number of aliphatic carboxylic acids is 1. The highest BCUT2D eigenvalue weighted by molar-refractivity contribution is 5.78. The SMILES string of the molecule is CC1CCCN(c2ccc([N+](=O)[O-])c(N)n2)C1C(=O)O. The summed E-state index contributed by atoms with van der Waals surface area (Å²) in [6.45, 7) is 2.42. The number of hydrogen-bond donors (Lipinski definition) is 2. The molecule has 8 nitrogen and oxygen atoms in total. The van der Waals surface area contributed by atoms with E-state index in [1.54, 1.807) is 4.90 Å². The van der Waals surface area contributed by atoms with Crippen LogP contribution in [-0.4, -0.2) is 33.6 Å². The van der Waals surface area contributed by atoms with Crippen LogP contribution < -0.4 is 10.6 Å². The smallest absolute Gasteiger partial charge is 0.326 e. The molecule has 0 radical (unpaired) electrons. The van der Waals surface area contributed by atoms with Crippen LogP contribution >= 0.6 is 0 Å². The van der Waals surface area contributed by atoms with E-state index < -0.39 is 16.9 Å². The summed E-state index contributed by atoms with van der Waals surface area (Å²) >= 11 is 0. The van der Waals surface area contributed by atoms with E-state index in [0.717, 1.165) is 12.8 Å². The summed E-state index contributed by atoms with van der Waals surface area (Å²) in [5.41, 5.74) is 5.29. The number of aromatic nitrogens is 1. The fourth-order valence-corrected chi connectivity index (χ4v) is 2.59. The molecular formula is C12H16N4O4. The lowest BCUT2D eigenvalue weighted by molar-refractivity contribution is -0.384. The Morgan fingerprint density at radius 3 is 2.85 bits per heavy atom. The van der Waals surface area contributed by atoms with Crippen molar-refractivity contribution in [3.8, 4) is 0 Å². The second-order valence-electron chi connectivity index (χ2n) is 4.93. The van der Waals surface area contributed by atoms with E-state index in [1.165, 1.54) is 12.1 Å². The van der Waals surface area contributed by atoms with Crippen LogP contribution in [0.5, 0.6) is 0 Å². The molecule has 1 fully saturated rings. The van der Waals surface area contributed by atoms with Crippen LogP contribution in [0.25, 0.3) is 0 Å². The zero-order valence-corrected chi connectivity index (χ0v) is 11.0. The van der Waals surface area contributed by atoms with Crippen molar-refractivity contribution >= 4 is 23.3 Å². The number of carboxylic acids is 1. The minimum atomic E-state index is -0.920. The maximum absolute atomic E-state index is 11.4. The molecule has 108 valence electrons. The molecule has 1 aromatic rings. The number of rotatable bonds is 3. The van der Waals surface area contributed by atoms with E-state index in [1.807, 2.05) is 6.92 Å². The molecule has 20 heavy (non-hydrogen) atoms. The van der Waals surface area contributed by atoms with Gasteiger partial charge in [-0.15, -0.1) is 0 Å². The van der Waals surface area contributed by atoms with Crippen molar-refractivity contribution in [1.29, 1.82) is 0 Å². The number of piperidine rings is 1. The topological polar surface area (TPSA) is 123 Å². The largest absolute Gasteiger partial charge is 0.480 e. The van der Waals surface area contributed by atoms with Crippen LogP contribution in [-0.2, 0) is 4.79 Å². The van der Waals surface area contributed by atoms with E-state index in [0.29, 0.717) is 12.4 Å². The molecule has 3 N–H and O–H groups in total. The highest BCUT2D eigenvalue weighted by atomic mass is 16.6. The molecular weight excluding hydrogens is 264 g/mol. The summed E-state index contributed by atoms with van der Waals surface area (Å²) in [6.07, 6.45) is 1.68. The molecule has 0 amide bonds. The van der Waals surface area contributed by atoms with Crippen molar-refractivity contribution in [2.45, 2.75) is 25.8 Å². The van der Waals surface area contributed by atoms with Crippen LogP contribution in [0.1, 0.15) is 19.8 Å². The van der Waals surface area contributed by atoms with Gasteiger partial charge in [0.05, 0.1) is 4.92 Å². The van der Waals surface area contributed by atoms with Gasteiger partial charge in [0.1, 0.15) is 11.9 Å². The fraction of sp³-hybridized carbons (Fsp3) is 0.500. The van der Waals surface area contributed by atoms with E-state index in [9.17, 15) is 20.0 Å². The number of nitrogens with two attached hydrogens (primary N) is 1. The Labute approximate surface area is 115 Å². The molecule has 1 saturated heterocycles. The maximum atomic E-state index is 11.4. The third-order valence-electron chi connectivity index (χ3n) is 3.56. The molecule has 2 atom stereocenters. The summed E-state index contributed by atoms with van der Waals surface area (Å²) in [5, 5.41) is 20.1. The lowest BCUT2D eigenvalue weighted by Gasteiger charge is -2.38. The Kier molecular flexibility index (Phi) is 3.73. The van der Waals surface area contributed by atoms with Crippen molar-refractivity contribution in [1.82, 2.24) is 4.98 Å². The number of pyridine rings is 1. The van der Waals surface area contributed by atoms with Crippen molar-refractivity contribution < 1.29 is 14.8 Å². The second kappa shape index (κ2) is 5.32. The minimum absolute atomic E-state index is 0.0144. The summed E-state index contributed by atoms with van der Waals surface area (Å²) in [5.74, 6) is -0.766. The number of carboxylic acid groups (broad SMARTS) is 1. The van der Waals surface area contributed by atoms with Gasteiger partial charge in [0.25, 0.3) is 0 Å². The molecule has 0 bridgehead atoms. The normalized spacial score (nSPS) is 22.6. The van der Waals surface area contributed by atoms with Crippen LogP contribution in [0.3, 0.4) is 0 Å². The summed E-state index contributed by atoms with van der Waals surface area (Å²) in [6, 6.07) is 2.02. The zero-order valence-electron chi connectivity index (χ0n) is 11.0. The standard InChI is InChI=1S/C12H16N4O4/c1-7-3-2-6-15(10(7)12(17)18)9-5-4-8(16(19)20)11(13)14-9/h4-5,7,10H,2-3,6H2,1H3,(H2,13,14)(H,17,18). The Balaban J connectivity index is 2.36. The molecule has 0 spiro atoms. The molecule has 0 aliphatic carbocycles. The van der Waals surface area contributed by atoms with Gasteiger partial charge in [0.2, 0.25) is 5.82 Å². The molecule has 2 unspecified atom stereocenters. The van der Waals surface area contributed by atoms with Gasteiger partial charge in [-0.1, -0.05) is 6.92 Å². The quantitative estimate of drug-likeness (QED) is 0.631. The van der Waals surface area contributed by atoms with Crippen molar-refractivity contribution in [2.75, 3.05) is 17.2 Å². The van der Waals surface area contributed by atoms with Gasteiger partial charge in [-0.25, -0.2) is 9.78 Å². The van der Waals surface area contributed by atoms with Gasteiger partial charge in [0.15, 0.2) is 0 Å². The van der Waals surface area contributed by atoms with Gasteiger partial charge in [-0.05, 0) is 24.8 Å². The Morgan fingerprint density at radius 1 is 1.60 bits per heavy atom. The van der Waals surface area contributed by atoms with Crippen LogP contribution in [0, 0.1) is 16.0 Å². The fourth-order valence-electron chi connectivity index (χ4n) is 2.59. The van der Waals surface area contributed by atoms with E-state index in [-0.39, 0.29) is 17.4 Å². The van der Waals surface area contributed by atoms with Gasteiger partial charge < -0.3 is 15.7 Å². The first-order valence-corrected chi connectivity index (χ1v) is 6.32. The molecule has 8 heteroatoms. The van der Waals surface area contributed by atoms with Gasteiger partial charge in [-0.3, -0.25) is 10.1 Å². The Morgan fingerprint density at radius 2 is 2.30 bits per heavy atom. The van der Waals surface area contributed by atoms with Crippen molar-refractivity contribution in [3.63, 3.8) is 0 Å². The highest BCUT2D eigenvalue weighted by Gasteiger charge is 2.35. The third-order valence-corrected chi connectivity index (χ3v) is 3.56. The van der Waals surface area contributed by atoms with Crippen molar-refractivity contribution in [2.24, 2.45) is 5.92 Å². The molecule has 1 aliphatic heterocycles. The van der Waals surface area contributed by atoms with Gasteiger partial charge >= 0.3 is 11.7 Å². The minimum Gasteiger partial charge on any atom is -0.480 e. The molecule has 0 aromatic carbocycles. The molecule has 1 aliphatic rings. The van der Waals surface area contributed by atoms with E-state index in [2.05, 4.69) is 4.98 Å². The third kappa shape index (κ3) is 2.49. The number of nitrogen functional groups attached to an aromatic ring is 1. The van der Waals surface area contributed by atoms with Gasteiger partial charge in [0, 0.05) is 12.6 Å². The number of hydrogen-bond acceptors (Lipinski definition) is 6. The first-order chi connectivity index (χ1) is 9.41. The van der Waals surface area contributed by atoms with Crippen LogP contribution in [0.15, 0.2) is 12.1 Å². The number of nitro groups is 1. The average molecular weight is 280 g/mol. The predicted octanol–water partition coefficient (Wildman–Crippen LogP) is 1.26. The average Bonchev–Trinajstić information content (AvgIpc) is 2.37. The molecule has 2 rings (SSSR count). The zero-order chi connectivity index (χ0) is 14.9. The lowest BCUT2D eigenvalue weighted by atomic mass is 9.91. The molecule has 0 saturated carbocycles. The number of anilines is 2. The van der Waals surface area contributed by atoms with Crippen LogP contribution in [0.4, 0.5) is 17.3 Å². The first kappa shape index (κ1) is 14.0. The first-order valence-electron chi connectivity index (χ1n) is 6.32. The Hall–Kier alpha value is -2.38. The lowest BCUT2D eigenvalue weighted by Crippen LogP contribution is -2.49.